The Bertz CT molecular complexity index is 277. The molecule has 0 radical (unpaired) electrons. The van der Waals surface area contributed by atoms with E-state index in [2.05, 4.69) is 15.2 Å². The highest BCUT2D eigenvalue weighted by atomic mass is 16.3. The summed E-state index contributed by atoms with van der Waals surface area (Å²) in [6.45, 7) is 0.564. The van der Waals surface area contributed by atoms with Crippen molar-refractivity contribution >= 4 is 0 Å². The maximum absolute atomic E-state index is 9.45. The highest BCUT2D eigenvalue weighted by Crippen LogP contribution is 2.36. The number of nitrogens with zero attached hydrogens (tertiary/aromatic N) is 2. The number of hydrogen-bond acceptors (Lipinski definition) is 4. The standard InChI is InChI=1S/C9H16N4O/c10-5-9(8-11-6-12-13-8)3-1-7(14)2-4-9/h6-7,14H,1-5,10H2,(H,11,12,13). The zero-order valence-corrected chi connectivity index (χ0v) is 8.11. The van der Waals surface area contributed by atoms with Crippen LogP contribution >= 0.6 is 0 Å². The number of aliphatic hydroxyl groups is 1. The lowest BCUT2D eigenvalue weighted by molar-refractivity contribution is 0.0949. The first-order chi connectivity index (χ1) is 6.77. The topological polar surface area (TPSA) is 87.8 Å². The normalized spacial score (nSPS) is 33.1. The van der Waals surface area contributed by atoms with Crippen molar-refractivity contribution in [1.29, 1.82) is 0 Å². The molecule has 2 rings (SSSR count). The van der Waals surface area contributed by atoms with Gasteiger partial charge in [0.25, 0.3) is 0 Å². The molecular formula is C9H16N4O. The summed E-state index contributed by atoms with van der Waals surface area (Å²) in [5.74, 6) is 0.868. The first kappa shape index (κ1) is 9.61. The second-order valence-electron chi connectivity index (χ2n) is 4.05. The van der Waals surface area contributed by atoms with E-state index in [-0.39, 0.29) is 11.5 Å². The van der Waals surface area contributed by atoms with Crippen LogP contribution in [0.15, 0.2) is 6.33 Å². The minimum atomic E-state index is -0.169. The number of hydrogen-bond donors (Lipinski definition) is 3. The third-order valence-corrected chi connectivity index (χ3v) is 3.22. The zero-order chi connectivity index (χ0) is 10.0. The van der Waals surface area contributed by atoms with Gasteiger partial charge in [-0.3, -0.25) is 5.10 Å². The molecule has 1 aromatic heterocycles. The lowest BCUT2D eigenvalue weighted by Gasteiger charge is -2.35. The van der Waals surface area contributed by atoms with Gasteiger partial charge in [0.05, 0.1) is 6.10 Å². The number of rotatable bonds is 2. The lowest BCUT2D eigenvalue weighted by atomic mass is 9.72. The van der Waals surface area contributed by atoms with Crippen molar-refractivity contribution in [3.05, 3.63) is 12.2 Å². The van der Waals surface area contributed by atoms with Crippen LogP contribution in [0.1, 0.15) is 31.5 Å². The Balaban J connectivity index is 2.19. The molecule has 0 bridgehead atoms. The molecule has 1 aliphatic carbocycles. The average Bonchev–Trinajstić information content (AvgIpc) is 2.73. The van der Waals surface area contributed by atoms with E-state index in [1.807, 2.05) is 0 Å². The maximum atomic E-state index is 9.45. The van der Waals surface area contributed by atoms with Gasteiger partial charge in [-0.2, -0.15) is 5.10 Å². The zero-order valence-electron chi connectivity index (χ0n) is 8.11. The highest BCUT2D eigenvalue weighted by molar-refractivity contribution is 5.09. The molecule has 0 saturated heterocycles. The molecule has 14 heavy (non-hydrogen) atoms. The Labute approximate surface area is 82.7 Å². The van der Waals surface area contributed by atoms with Gasteiger partial charge in [0.2, 0.25) is 0 Å². The van der Waals surface area contributed by atoms with Crippen molar-refractivity contribution in [1.82, 2.24) is 15.2 Å². The van der Waals surface area contributed by atoms with Crippen LogP contribution in [0.4, 0.5) is 0 Å². The molecule has 0 spiro atoms. The van der Waals surface area contributed by atoms with Crippen LogP contribution in [-0.2, 0) is 5.41 Å². The van der Waals surface area contributed by atoms with E-state index in [0.29, 0.717) is 6.54 Å². The first-order valence-electron chi connectivity index (χ1n) is 5.01. The number of aliphatic hydroxyl groups excluding tert-OH is 1. The van der Waals surface area contributed by atoms with Crippen LogP contribution in [0.25, 0.3) is 0 Å². The molecular weight excluding hydrogens is 180 g/mol. The van der Waals surface area contributed by atoms with Crippen LogP contribution < -0.4 is 5.73 Å². The Morgan fingerprint density at radius 2 is 2.29 bits per heavy atom. The molecule has 1 saturated carbocycles. The number of H-pyrrole nitrogens is 1. The quantitative estimate of drug-likeness (QED) is 0.618. The number of aromatic amines is 1. The molecule has 1 fully saturated rings. The van der Waals surface area contributed by atoms with Crippen molar-refractivity contribution < 1.29 is 5.11 Å². The molecule has 0 aromatic carbocycles. The fourth-order valence-corrected chi connectivity index (χ4v) is 2.15. The fourth-order valence-electron chi connectivity index (χ4n) is 2.15. The predicted octanol–water partition coefficient (Wildman–Crippen LogP) is -0.0639. The molecule has 4 N–H and O–H groups in total. The fraction of sp³-hybridized carbons (Fsp3) is 0.778. The second kappa shape index (κ2) is 3.67. The van der Waals surface area contributed by atoms with Crippen LogP contribution in [0, 0.1) is 0 Å². The molecule has 0 unspecified atom stereocenters. The minimum Gasteiger partial charge on any atom is -0.393 e. The summed E-state index contributed by atoms with van der Waals surface area (Å²) in [6, 6.07) is 0. The Morgan fingerprint density at radius 1 is 1.57 bits per heavy atom. The summed E-state index contributed by atoms with van der Waals surface area (Å²) in [7, 11) is 0. The average molecular weight is 196 g/mol. The van der Waals surface area contributed by atoms with Gasteiger partial charge in [0.15, 0.2) is 0 Å². The Morgan fingerprint density at radius 3 is 2.79 bits per heavy atom. The number of aromatic nitrogens is 3. The van der Waals surface area contributed by atoms with Gasteiger partial charge in [-0.1, -0.05) is 0 Å². The van der Waals surface area contributed by atoms with Gasteiger partial charge in [0, 0.05) is 12.0 Å². The van der Waals surface area contributed by atoms with Gasteiger partial charge < -0.3 is 10.8 Å². The van der Waals surface area contributed by atoms with Crippen molar-refractivity contribution in [2.75, 3.05) is 6.54 Å². The molecule has 1 aromatic rings. The molecule has 5 heteroatoms. The van der Waals surface area contributed by atoms with Crippen LogP contribution in [0.2, 0.25) is 0 Å². The second-order valence-corrected chi connectivity index (χ2v) is 4.05. The largest absolute Gasteiger partial charge is 0.393 e. The van der Waals surface area contributed by atoms with Gasteiger partial charge >= 0.3 is 0 Å². The predicted molar refractivity (Wildman–Crippen MR) is 51.6 cm³/mol. The van der Waals surface area contributed by atoms with E-state index in [9.17, 15) is 5.11 Å². The van der Waals surface area contributed by atoms with Gasteiger partial charge in [-0.15, -0.1) is 0 Å². The van der Waals surface area contributed by atoms with Crippen LogP contribution in [0.5, 0.6) is 0 Å². The van der Waals surface area contributed by atoms with E-state index in [1.54, 1.807) is 0 Å². The van der Waals surface area contributed by atoms with Crippen molar-refractivity contribution in [3.63, 3.8) is 0 Å². The molecule has 0 atom stereocenters. The number of nitrogens with two attached hydrogens (primary N) is 1. The smallest absolute Gasteiger partial charge is 0.137 e. The van der Waals surface area contributed by atoms with Gasteiger partial charge in [-0.25, -0.2) is 4.98 Å². The van der Waals surface area contributed by atoms with E-state index < -0.39 is 0 Å². The van der Waals surface area contributed by atoms with Crippen molar-refractivity contribution in [2.24, 2.45) is 5.73 Å². The van der Waals surface area contributed by atoms with E-state index in [0.717, 1.165) is 31.5 Å². The molecule has 5 nitrogen and oxygen atoms in total. The number of nitrogens with one attached hydrogen (secondary N) is 1. The molecule has 0 aliphatic heterocycles. The SMILES string of the molecule is NCC1(c2ncn[nH]2)CCC(O)CC1. The van der Waals surface area contributed by atoms with Gasteiger partial charge in [-0.05, 0) is 25.7 Å². The van der Waals surface area contributed by atoms with Crippen molar-refractivity contribution in [2.45, 2.75) is 37.2 Å². The summed E-state index contributed by atoms with van der Waals surface area (Å²) >= 11 is 0. The van der Waals surface area contributed by atoms with Crippen LogP contribution in [-0.4, -0.2) is 32.9 Å². The van der Waals surface area contributed by atoms with Crippen molar-refractivity contribution in [3.8, 4) is 0 Å². The molecule has 78 valence electrons. The van der Waals surface area contributed by atoms with E-state index in [1.165, 1.54) is 6.33 Å². The van der Waals surface area contributed by atoms with Crippen LogP contribution in [0.3, 0.4) is 0 Å². The summed E-state index contributed by atoms with van der Waals surface area (Å²) in [5, 5.41) is 16.2. The Kier molecular flexibility index (Phi) is 2.52. The molecule has 0 amide bonds. The minimum absolute atomic E-state index is 0.0876. The van der Waals surface area contributed by atoms with Gasteiger partial charge in [0.1, 0.15) is 12.2 Å². The summed E-state index contributed by atoms with van der Waals surface area (Å²) in [6.07, 6.45) is 4.73. The first-order valence-corrected chi connectivity index (χ1v) is 5.01. The highest BCUT2D eigenvalue weighted by Gasteiger charge is 2.37. The maximum Gasteiger partial charge on any atom is 0.137 e. The lowest BCUT2D eigenvalue weighted by Crippen LogP contribution is -2.41. The third-order valence-electron chi connectivity index (χ3n) is 3.22. The van der Waals surface area contributed by atoms with E-state index >= 15 is 0 Å². The summed E-state index contributed by atoms with van der Waals surface area (Å²) in [4.78, 5) is 4.18. The monoisotopic (exact) mass is 196 g/mol. The summed E-state index contributed by atoms with van der Waals surface area (Å²) < 4.78 is 0. The summed E-state index contributed by atoms with van der Waals surface area (Å²) in [5.41, 5.74) is 5.72. The van der Waals surface area contributed by atoms with E-state index in [4.69, 9.17) is 5.73 Å². The third kappa shape index (κ3) is 1.53. The molecule has 1 heterocycles. The Hall–Kier alpha value is -0.940. The molecule has 1 aliphatic rings.